The molecule has 9 unspecified atom stereocenters. The number of nitrogens with one attached hydrogen (secondary N) is 1. The first-order valence-corrected chi connectivity index (χ1v) is 26.6. The molecule has 9 atom stereocenters. The van der Waals surface area contributed by atoms with Gasteiger partial charge in [0.15, 0.2) is 6.29 Å². The van der Waals surface area contributed by atoms with Crippen molar-refractivity contribution in [3.8, 4) is 0 Å². The third-order valence-electron chi connectivity index (χ3n) is 13.1. The Labute approximate surface area is 385 Å². The molecule has 1 amide bonds. The van der Waals surface area contributed by atoms with E-state index in [1.807, 2.05) is 0 Å². The molecule has 0 aromatic rings. The maximum atomic E-state index is 13.1. The van der Waals surface area contributed by atoms with Gasteiger partial charge < -0.3 is 50.5 Å². The monoisotopic (exact) mass is 900 g/mol. The number of hydrogen-bond donors (Lipinski definition) is 8. The van der Waals surface area contributed by atoms with Crippen molar-refractivity contribution in [1.29, 1.82) is 0 Å². The average molecular weight is 900 g/mol. The smallest absolute Gasteiger partial charge is 0.249 e. The maximum absolute atomic E-state index is 13.1. The lowest BCUT2D eigenvalue weighted by molar-refractivity contribution is -0.303. The third kappa shape index (κ3) is 31.5. The molecule has 0 saturated carbocycles. The fourth-order valence-electron chi connectivity index (χ4n) is 8.67. The van der Waals surface area contributed by atoms with Crippen LogP contribution in [0.4, 0.5) is 0 Å². The lowest BCUT2D eigenvalue weighted by Gasteiger charge is -2.40. The zero-order valence-electron chi connectivity index (χ0n) is 40.6. The van der Waals surface area contributed by atoms with Crippen molar-refractivity contribution in [2.24, 2.45) is 0 Å². The Morgan fingerprint density at radius 1 is 0.540 bits per heavy atom. The van der Waals surface area contributed by atoms with Gasteiger partial charge in [-0.05, 0) is 38.5 Å². The lowest BCUT2D eigenvalue weighted by Crippen LogP contribution is -2.60. The Hall–Kier alpha value is -1.15. The highest BCUT2D eigenvalue weighted by Gasteiger charge is 2.44. The summed E-state index contributed by atoms with van der Waals surface area (Å²) in [5, 5.41) is 75.8. The zero-order chi connectivity index (χ0) is 46.2. The van der Waals surface area contributed by atoms with Crippen LogP contribution in [0.5, 0.6) is 0 Å². The molecule has 0 aromatic carbocycles. The predicted octanol–water partition coefficient (Wildman–Crippen LogP) is 10.0. The van der Waals surface area contributed by atoms with Crippen LogP contribution in [0.2, 0.25) is 0 Å². The van der Waals surface area contributed by atoms with Gasteiger partial charge in [-0.2, -0.15) is 0 Å². The summed E-state index contributed by atoms with van der Waals surface area (Å²) in [6.45, 7) is 3.42. The maximum Gasteiger partial charge on any atom is 0.249 e. The number of aliphatic hydroxyl groups is 7. The Kier molecular flexibility index (Phi) is 40.1. The van der Waals surface area contributed by atoms with E-state index in [1.54, 1.807) is 0 Å². The summed E-state index contributed by atoms with van der Waals surface area (Å²) in [7, 11) is 0. The SMILES string of the molecule is CCCCC/C=C\CCCCCCC(O)C(=O)NC(COC1OC(CO)C(O)C(O)C1O)C(O)C(O)CCCCCCCCCCCCCCCCCCCCCCCCCCC. The molecule has 0 bridgehead atoms. The van der Waals surface area contributed by atoms with E-state index in [4.69, 9.17) is 9.47 Å². The molecule has 8 N–H and O–H groups in total. The molecule has 11 heteroatoms. The molecule has 1 aliphatic rings. The first-order valence-electron chi connectivity index (χ1n) is 26.6. The minimum atomic E-state index is -1.66. The molecule has 0 radical (unpaired) electrons. The standard InChI is InChI=1S/C52H101NO10/c1-3-5-7-9-11-13-15-16-17-18-19-20-21-22-23-24-25-26-27-28-30-31-33-35-37-39-44(55)47(57)43(42-62-52-50(60)49(59)48(58)46(41-54)63-52)53-51(61)45(56)40-38-36-34-32-29-14-12-10-8-6-4-2/h12,14,43-50,52,54-60H,3-11,13,15-42H2,1-2H3,(H,53,61)/b14-12-. The van der Waals surface area contributed by atoms with Gasteiger partial charge in [-0.15, -0.1) is 0 Å². The molecule has 0 aromatic heterocycles. The van der Waals surface area contributed by atoms with Crippen molar-refractivity contribution in [3.05, 3.63) is 12.2 Å². The Morgan fingerprint density at radius 2 is 0.921 bits per heavy atom. The zero-order valence-corrected chi connectivity index (χ0v) is 40.6. The molecule has 1 heterocycles. The molecule has 0 spiro atoms. The van der Waals surface area contributed by atoms with E-state index in [0.717, 1.165) is 51.4 Å². The van der Waals surface area contributed by atoms with Crippen LogP contribution in [-0.4, -0.2) is 110 Å². The Morgan fingerprint density at radius 3 is 1.37 bits per heavy atom. The number of carbonyl (C=O) groups is 1. The second-order valence-electron chi connectivity index (χ2n) is 19.0. The Bertz CT molecular complexity index is 1030. The van der Waals surface area contributed by atoms with Gasteiger partial charge >= 0.3 is 0 Å². The van der Waals surface area contributed by atoms with E-state index < -0.39 is 74.2 Å². The minimum absolute atomic E-state index is 0.247. The van der Waals surface area contributed by atoms with Gasteiger partial charge in [0, 0.05) is 0 Å². The molecule has 1 saturated heterocycles. The first-order chi connectivity index (χ1) is 30.7. The van der Waals surface area contributed by atoms with Crippen molar-refractivity contribution in [3.63, 3.8) is 0 Å². The molecule has 374 valence electrons. The summed E-state index contributed by atoms with van der Waals surface area (Å²) in [6.07, 6.45) is 35.6. The summed E-state index contributed by atoms with van der Waals surface area (Å²) in [4.78, 5) is 13.1. The average Bonchev–Trinajstić information content (AvgIpc) is 3.28. The topological polar surface area (TPSA) is 189 Å². The molecular weight excluding hydrogens is 799 g/mol. The van der Waals surface area contributed by atoms with Crippen molar-refractivity contribution in [1.82, 2.24) is 5.32 Å². The van der Waals surface area contributed by atoms with Crippen LogP contribution in [0.3, 0.4) is 0 Å². The van der Waals surface area contributed by atoms with E-state index >= 15 is 0 Å². The molecule has 0 aliphatic carbocycles. The summed E-state index contributed by atoms with van der Waals surface area (Å²) < 4.78 is 11.1. The number of unbranched alkanes of at least 4 members (excludes halogenated alkanes) is 31. The van der Waals surface area contributed by atoms with Crippen LogP contribution in [0.15, 0.2) is 12.2 Å². The van der Waals surface area contributed by atoms with Crippen molar-refractivity contribution >= 4 is 5.91 Å². The molecule has 11 nitrogen and oxygen atoms in total. The van der Waals surface area contributed by atoms with Crippen LogP contribution < -0.4 is 5.32 Å². The van der Waals surface area contributed by atoms with E-state index in [2.05, 4.69) is 31.3 Å². The Balaban J connectivity index is 2.29. The second kappa shape index (κ2) is 42.2. The summed E-state index contributed by atoms with van der Waals surface area (Å²) in [5.74, 6) is -0.705. The van der Waals surface area contributed by atoms with Gasteiger partial charge in [0.25, 0.3) is 0 Å². The predicted molar refractivity (Wildman–Crippen MR) is 256 cm³/mol. The highest BCUT2D eigenvalue weighted by Crippen LogP contribution is 2.23. The highest BCUT2D eigenvalue weighted by atomic mass is 16.7. The van der Waals surface area contributed by atoms with Crippen LogP contribution >= 0.6 is 0 Å². The summed E-state index contributed by atoms with van der Waals surface area (Å²) >= 11 is 0. The van der Waals surface area contributed by atoms with E-state index in [1.165, 1.54) is 154 Å². The van der Waals surface area contributed by atoms with Gasteiger partial charge in [-0.25, -0.2) is 0 Å². The molecule has 1 rings (SSSR count). The number of aliphatic hydroxyl groups excluding tert-OH is 7. The van der Waals surface area contributed by atoms with Crippen molar-refractivity contribution in [2.45, 2.75) is 300 Å². The van der Waals surface area contributed by atoms with Gasteiger partial charge in [0.05, 0.1) is 25.4 Å². The molecule has 63 heavy (non-hydrogen) atoms. The third-order valence-corrected chi connectivity index (χ3v) is 13.1. The quantitative estimate of drug-likeness (QED) is 0.0216. The fraction of sp³-hybridized carbons (Fsp3) is 0.942. The normalized spacial score (nSPS) is 21.2. The van der Waals surface area contributed by atoms with Crippen LogP contribution in [0, 0.1) is 0 Å². The number of allylic oxidation sites excluding steroid dienone is 2. The molecule has 1 fully saturated rings. The van der Waals surface area contributed by atoms with Crippen LogP contribution in [-0.2, 0) is 14.3 Å². The van der Waals surface area contributed by atoms with Gasteiger partial charge in [-0.3, -0.25) is 4.79 Å². The van der Waals surface area contributed by atoms with Crippen molar-refractivity contribution < 1.29 is 50.0 Å². The van der Waals surface area contributed by atoms with Gasteiger partial charge in [0.2, 0.25) is 5.91 Å². The number of rotatable bonds is 45. The summed E-state index contributed by atoms with van der Waals surface area (Å²) in [6, 6.07) is -1.17. The number of amides is 1. The van der Waals surface area contributed by atoms with Crippen LogP contribution in [0.25, 0.3) is 0 Å². The van der Waals surface area contributed by atoms with Gasteiger partial charge in [-0.1, -0.05) is 219 Å². The van der Waals surface area contributed by atoms with E-state index in [0.29, 0.717) is 19.3 Å². The number of hydrogen-bond acceptors (Lipinski definition) is 10. The van der Waals surface area contributed by atoms with E-state index in [9.17, 15) is 40.5 Å². The first kappa shape index (κ1) is 59.9. The molecular formula is C52H101NO10. The van der Waals surface area contributed by atoms with E-state index in [-0.39, 0.29) is 6.42 Å². The second-order valence-corrected chi connectivity index (χ2v) is 19.0. The summed E-state index contributed by atoms with van der Waals surface area (Å²) in [5.41, 5.74) is 0. The lowest BCUT2D eigenvalue weighted by atomic mass is 9.98. The minimum Gasteiger partial charge on any atom is -0.394 e. The fourth-order valence-corrected chi connectivity index (χ4v) is 8.67. The van der Waals surface area contributed by atoms with Crippen LogP contribution in [0.1, 0.15) is 245 Å². The van der Waals surface area contributed by atoms with Crippen molar-refractivity contribution in [2.75, 3.05) is 13.2 Å². The van der Waals surface area contributed by atoms with Gasteiger partial charge in [0.1, 0.15) is 36.6 Å². The number of ether oxygens (including phenoxy) is 2. The highest BCUT2D eigenvalue weighted by molar-refractivity contribution is 5.80. The molecule has 1 aliphatic heterocycles. The largest absolute Gasteiger partial charge is 0.394 e. The number of carbonyl (C=O) groups excluding carboxylic acids is 1.